The number of rotatable bonds is 5. The number of fused-ring (bicyclic) bond motifs is 1. The molecular formula is C21H26N4O2. The second-order valence-electron chi connectivity index (χ2n) is 7.18. The van der Waals surface area contributed by atoms with Gasteiger partial charge in [0.25, 0.3) is 5.88 Å². The number of morpholine rings is 1. The first-order valence-electron chi connectivity index (χ1n) is 9.54. The molecule has 1 aliphatic rings. The van der Waals surface area contributed by atoms with Crippen LogP contribution in [0.2, 0.25) is 0 Å². The van der Waals surface area contributed by atoms with Crippen molar-refractivity contribution >= 4 is 5.65 Å². The summed E-state index contributed by atoms with van der Waals surface area (Å²) < 4.78 is 13.3. The largest absolute Gasteiger partial charge is 0.472 e. The topological polar surface area (TPSA) is 51.9 Å². The average Bonchev–Trinajstić information content (AvgIpc) is 3.13. The molecule has 1 aromatic carbocycles. The van der Waals surface area contributed by atoms with Crippen LogP contribution in [0.5, 0.6) is 5.88 Å². The lowest BCUT2D eigenvalue weighted by atomic mass is 10.0. The average molecular weight is 366 g/mol. The third-order valence-corrected chi connectivity index (χ3v) is 5.03. The van der Waals surface area contributed by atoms with E-state index in [0.717, 1.165) is 43.2 Å². The number of imidazole rings is 1. The third-order valence-electron chi connectivity index (χ3n) is 5.03. The lowest BCUT2D eigenvalue weighted by molar-refractivity contribution is 0.0198. The van der Waals surface area contributed by atoms with Crippen LogP contribution in [-0.4, -0.2) is 51.7 Å². The number of aromatic nitrogens is 3. The van der Waals surface area contributed by atoms with Crippen molar-refractivity contribution in [3.8, 4) is 17.1 Å². The summed E-state index contributed by atoms with van der Waals surface area (Å²) in [4.78, 5) is 11.3. The minimum absolute atomic E-state index is 0.0600. The van der Waals surface area contributed by atoms with Crippen molar-refractivity contribution in [3.05, 3.63) is 48.4 Å². The molecule has 27 heavy (non-hydrogen) atoms. The molecule has 142 valence electrons. The van der Waals surface area contributed by atoms with Crippen LogP contribution in [0.25, 0.3) is 16.9 Å². The van der Waals surface area contributed by atoms with E-state index in [9.17, 15) is 0 Å². The molecule has 3 aromatic rings. The van der Waals surface area contributed by atoms with E-state index in [1.165, 1.54) is 5.56 Å². The number of ether oxygens (including phenoxy) is 2. The molecule has 1 aliphatic heterocycles. The van der Waals surface area contributed by atoms with E-state index in [1.54, 1.807) is 6.20 Å². The molecule has 1 atom stereocenters. The third kappa shape index (κ3) is 3.68. The molecule has 0 amide bonds. The van der Waals surface area contributed by atoms with Gasteiger partial charge in [0.2, 0.25) is 5.65 Å². The molecule has 0 bridgehead atoms. The molecule has 1 saturated heterocycles. The first kappa shape index (κ1) is 17.9. The highest BCUT2D eigenvalue weighted by Gasteiger charge is 2.19. The van der Waals surface area contributed by atoms with Gasteiger partial charge < -0.3 is 9.47 Å². The minimum atomic E-state index is 0.0600. The van der Waals surface area contributed by atoms with Gasteiger partial charge in [0.15, 0.2) is 0 Å². The minimum Gasteiger partial charge on any atom is -0.472 e. The Labute approximate surface area is 159 Å². The van der Waals surface area contributed by atoms with Crippen LogP contribution in [0, 0.1) is 0 Å². The predicted octanol–water partition coefficient (Wildman–Crippen LogP) is 3.58. The fraction of sp³-hybridized carbons (Fsp3) is 0.429. The van der Waals surface area contributed by atoms with Crippen LogP contribution in [-0.2, 0) is 4.74 Å². The molecule has 0 radical (unpaired) electrons. The van der Waals surface area contributed by atoms with Gasteiger partial charge in [-0.2, -0.15) is 0 Å². The second-order valence-corrected chi connectivity index (χ2v) is 7.18. The van der Waals surface area contributed by atoms with Gasteiger partial charge >= 0.3 is 0 Å². The molecule has 6 nitrogen and oxygen atoms in total. The molecule has 2 aromatic heterocycles. The fourth-order valence-corrected chi connectivity index (χ4v) is 3.52. The Morgan fingerprint density at radius 2 is 1.78 bits per heavy atom. The van der Waals surface area contributed by atoms with Crippen molar-refractivity contribution in [2.75, 3.05) is 26.3 Å². The lowest BCUT2D eigenvalue weighted by Crippen LogP contribution is -2.37. The highest BCUT2D eigenvalue weighted by Crippen LogP contribution is 2.27. The quantitative estimate of drug-likeness (QED) is 0.691. The molecular weight excluding hydrogens is 340 g/mol. The summed E-state index contributed by atoms with van der Waals surface area (Å²) in [6.45, 7) is 9.85. The Balaban J connectivity index is 1.60. The lowest BCUT2D eigenvalue weighted by Gasteiger charge is -2.32. The summed E-state index contributed by atoms with van der Waals surface area (Å²) in [6, 6.07) is 9.14. The zero-order valence-electron chi connectivity index (χ0n) is 16.1. The summed E-state index contributed by atoms with van der Waals surface area (Å²) in [5.74, 6) is 0.566. The molecule has 6 heteroatoms. The summed E-state index contributed by atoms with van der Waals surface area (Å²) >= 11 is 0. The van der Waals surface area contributed by atoms with E-state index in [-0.39, 0.29) is 6.10 Å². The Morgan fingerprint density at radius 3 is 2.48 bits per heavy atom. The Kier molecular flexibility index (Phi) is 5.09. The Morgan fingerprint density at radius 1 is 1.04 bits per heavy atom. The van der Waals surface area contributed by atoms with Crippen LogP contribution in [0.1, 0.15) is 32.4 Å². The van der Waals surface area contributed by atoms with Crippen molar-refractivity contribution in [3.63, 3.8) is 0 Å². The molecule has 3 heterocycles. The van der Waals surface area contributed by atoms with E-state index in [1.807, 2.05) is 30.6 Å². The first-order chi connectivity index (χ1) is 13.1. The molecule has 1 fully saturated rings. The maximum atomic E-state index is 5.78. The molecule has 0 spiro atoms. The van der Waals surface area contributed by atoms with Gasteiger partial charge in [-0.05, 0) is 26.3 Å². The van der Waals surface area contributed by atoms with Gasteiger partial charge in [0.1, 0.15) is 0 Å². The molecule has 1 unspecified atom stereocenters. The van der Waals surface area contributed by atoms with Gasteiger partial charge in [-0.3, -0.25) is 9.30 Å². The van der Waals surface area contributed by atoms with Crippen LogP contribution < -0.4 is 4.74 Å². The first-order valence-corrected chi connectivity index (χ1v) is 9.54. The van der Waals surface area contributed by atoms with E-state index in [0.29, 0.717) is 11.9 Å². The molecule has 0 saturated carbocycles. The number of hydrogen-bond acceptors (Lipinski definition) is 5. The monoisotopic (exact) mass is 366 g/mol. The van der Waals surface area contributed by atoms with Crippen molar-refractivity contribution < 1.29 is 9.47 Å². The van der Waals surface area contributed by atoms with Crippen molar-refractivity contribution in [1.29, 1.82) is 0 Å². The summed E-state index contributed by atoms with van der Waals surface area (Å²) in [7, 11) is 0. The van der Waals surface area contributed by atoms with Crippen molar-refractivity contribution in [2.45, 2.75) is 32.9 Å². The van der Waals surface area contributed by atoms with Gasteiger partial charge in [0, 0.05) is 37.1 Å². The second kappa shape index (κ2) is 7.66. The SMILES string of the molecule is CC(C)Oc1nccn2c(-c3ccc(C(C)N4CCOCC4)cc3)cnc12. The zero-order chi connectivity index (χ0) is 18.8. The van der Waals surface area contributed by atoms with Crippen LogP contribution >= 0.6 is 0 Å². The number of hydrogen-bond donors (Lipinski definition) is 0. The van der Waals surface area contributed by atoms with E-state index in [2.05, 4.69) is 46.1 Å². The van der Waals surface area contributed by atoms with Crippen LogP contribution in [0.15, 0.2) is 42.9 Å². The standard InChI is InChI=1S/C21H26N4O2/c1-15(2)27-21-20-23-14-19(25(20)9-8-22-21)18-6-4-17(5-7-18)16(3)24-10-12-26-13-11-24/h4-9,14-16H,10-13H2,1-3H3. The van der Waals surface area contributed by atoms with Gasteiger partial charge in [0.05, 0.1) is 31.2 Å². The smallest absolute Gasteiger partial charge is 0.258 e. The number of benzene rings is 1. The summed E-state index contributed by atoms with van der Waals surface area (Å²) in [6.07, 6.45) is 5.62. The van der Waals surface area contributed by atoms with Gasteiger partial charge in [-0.1, -0.05) is 24.3 Å². The highest BCUT2D eigenvalue weighted by atomic mass is 16.5. The van der Waals surface area contributed by atoms with Crippen molar-refractivity contribution in [2.24, 2.45) is 0 Å². The Bertz CT molecular complexity index is 898. The maximum Gasteiger partial charge on any atom is 0.258 e. The Hall–Kier alpha value is -2.44. The maximum absolute atomic E-state index is 5.78. The molecule has 4 rings (SSSR count). The fourth-order valence-electron chi connectivity index (χ4n) is 3.52. The van der Waals surface area contributed by atoms with E-state index in [4.69, 9.17) is 9.47 Å². The van der Waals surface area contributed by atoms with Crippen LogP contribution in [0.3, 0.4) is 0 Å². The summed E-state index contributed by atoms with van der Waals surface area (Å²) in [5, 5.41) is 0. The van der Waals surface area contributed by atoms with E-state index >= 15 is 0 Å². The normalized spacial score (nSPS) is 16.7. The highest BCUT2D eigenvalue weighted by molar-refractivity contribution is 5.66. The van der Waals surface area contributed by atoms with Gasteiger partial charge in [-0.25, -0.2) is 9.97 Å². The summed E-state index contributed by atoms with van der Waals surface area (Å²) in [5.41, 5.74) is 4.22. The van der Waals surface area contributed by atoms with Crippen LogP contribution in [0.4, 0.5) is 0 Å². The number of nitrogens with zero attached hydrogens (tertiary/aromatic N) is 4. The van der Waals surface area contributed by atoms with E-state index < -0.39 is 0 Å². The molecule has 0 aliphatic carbocycles. The van der Waals surface area contributed by atoms with Crippen molar-refractivity contribution in [1.82, 2.24) is 19.3 Å². The molecule has 0 N–H and O–H groups in total. The predicted molar refractivity (Wildman–Crippen MR) is 105 cm³/mol. The van der Waals surface area contributed by atoms with Gasteiger partial charge in [-0.15, -0.1) is 0 Å². The zero-order valence-corrected chi connectivity index (χ0v) is 16.1.